The second-order valence-corrected chi connectivity index (χ2v) is 10.6. The number of phenols is 1. The molecule has 1 saturated carbocycles. The van der Waals surface area contributed by atoms with E-state index in [1.54, 1.807) is 24.5 Å². The van der Waals surface area contributed by atoms with Gasteiger partial charge in [-0.3, -0.25) is 9.78 Å². The van der Waals surface area contributed by atoms with Gasteiger partial charge in [0.05, 0.1) is 11.9 Å². The number of anilines is 1. The molecule has 2 aliphatic carbocycles. The summed E-state index contributed by atoms with van der Waals surface area (Å²) in [6, 6.07) is 4.26. The fourth-order valence-electron chi connectivity index (χ4n) is 6.49. The summed E-state index contributed by atoms with van der Waals surface area (Å²) in [4.78, 5) is 17.4. The maximum atomic E-state index is 15.6. The van der Waals surface area contributed by atoms with Gasteiger partial charge in [0.15, 0.2) is 0 Å². The van der Waals surface area contributed by atoms with E-state index in [2.05, 4.69) is 23.8 Å². The first-order valence-electron chi connectivity index (χ1n) is 12.6. The van der Waals surface area contributed by atoms with Crippen molar-refractivity contribution in [3.05, 3.63) is 95.4 Å². The Morgan fingerprint density at radius 3 is 2.84 bits per heavy atom. The number of aromatic nitrogens is 1. The summed E-state index contributed by atoms with van der Waals surface area (Å²) < 4.78 is 31.2. The van der Waals surface area contributed by atoms with Crippen LogP contribution >= 0.6 is 0 Å². The van der Waals surface area contributed by atoms with E-state index in [-0.39, 0.29) is 34.8 Å². The van der Waals surface area contributed by atoms with E-state index in [1.807, 2.05) is 6.07 Å². The Morgan fingerprint density at radius 2 is 2.05 bits per heavy atom. The van der Waals surface area contributed by atoms with Crippen molar-refractivity contribution in [1.29, 1.82) is 0 Å². The number of carbonyl (C=O) groups is 1. The van der Waals surface area contributed by atoms with Crippen LogP contribution < -0.4 is 11.1 Å². The van der Waals surface area contributed by atoms with E-state index in [9.17, 15) is 9.90 Å². The molecule has 1 amide bonds. The zero-order valence-electron chi connectivity index (χ0n) is 20.8. The number of aromatic hydroxyl groups is 1. The number of hydrogen-bond donors (Lipinski definition) is 3. The number of nitrogens with one attached hydrogen (secondary N) is 1. The molecule has 0 radical (unpaired) electrons. The van der Waals surface area contributed by atoms with Gasteiger partial charge >= 0.3 is 0 Å². The van der Waals surface area contributed by atoms with Gasteiger partial charge in [-0.15, -0.1) is 6.58 Å². The summed E-state index contributed by atoms with van der Waals surface area (Å²) in [6.45, 7) is 6.17. The number of carbonyl (C=O) groups excluding carboxylic acids is 1. The lowest BCUT2D eigenvalue weighted by molar-refractivity contribution is -0.113. The van der Waals surface area contributed by atoms with Crippen LogP contribution in [0.3, 0.4) is 0 Å². The molecule has 4 bridgehead atoms. The standard InChI is InChI=1S/C30H31F2N3O2/c1-3-24-23-12-20(36)13-26(32)28(23)22-6-4-5-17(7-8-25(22)31)29(37)35-27-16-34-10-9-21(27)18-11-19(33)15-30(24,2)14-18/h3,6-10,12-13,16,18-19,24,36H,1,4-5,11,14-15,33H2,2H3,(H,35,37). The number of amides is 1. The molecule has 1 aromatic heterocycles. The van der Waals surface area contributed by atoms with Crippen LogP contribution in [0.1, 0.15) is 67.6 Å². The number of rotatable bonds is 1. The van der Waals surface area contributed by atoms with Gasteiger partial charge in [-0.1, -0.05) is 25.2 Å². The molecule has 2 aliphatic heterocycles. The molecule has 4 atom stereocenters. The highest BCUT2D eigenvalue weighted by molar-refractivity contribution is 6.04. The molecular weight excluding hydrogens is 472 g/mol. The second kappa shape index (κ2) is 9.71. The molecule has 4 aliphatic rings. The number of halogens is 2. The molecule has 0 spiro atoms. The van der Waals surface area contributed by atoms with Gasteiger partial charge in [0.2, 0.25) is 0 Å². The Bertz CT molecular complexity index is 1360. The topological polar surface area (TPSA) is 88.2 Å². The zero-order chi connectivity index (χ0) is 26.3. The first kappa shape index (κ1) is 25.1. The van der Waals surface area contributed by atoms with Crippen molar-refractivity contribution in [2.24, 2.45) is 11.1 Å². The second-order valence-electron chi connectivity index (χ2n) is 10.6. The number of nitrogens with zero attached hydrogens (tertiary/aromatic N) is 1. The normalized spacial score (nSPS) is 27.7. The minimum absolute atomic E-state index is 0.00679. The number of pyridine rings is 1. The molecule has 0 saturated heterocycles. The number of fused-ring (bicyclic) bond motifs is 4. The molecule has 7 heteroatoms. The summed E-state index contributed by atoms with van der Waals surface area (Å²) in [6.07, 6.45) is 12.1. The van der Waals surface area contributed by atoms with E-state index < -0.39 is 23.0 Å². The minimum atomic E-state index is -0.708. The Hall–Kier alpha value is -3.58. The van der Waals surface area contributed by atoms with Crippen LogP contribution in [-0.4, -0.2) is 22.0 Å². The molecule has 37 heavy (non-hydrogen) atoms. The van der Waals surface area contributed by atoms with Crippen molar-refractivity contribution in [1.82, 2.24) is 4.98 Å². The third-order valence-electron chi connectivity index (χ3n) is 8.01. The summed E-state index contributed by atoms with van der Waals surface area (Å²) in [5.74, 6) is -2.35. The molecule has 1 aromatic carbocycles. The van der Waals surface area contributed by atoms with Gasteiger partial charge in [-0.05, 0) is 72.8 Å². The summed E-state index contributed by atoms with van der Waals surface area (Å²) >= 11 is 0. The Morgan fingerprint density at radius 1 is 1.24 bits per heavy atom. The largest absolute Gasteiger partial charge is 0.508 e. The third-order valence-corrected chi connectivity index (χ3v) is 8.01. The number of phenolic OH excluding ortho intramolecular Hbond substituents is 1. The van der Waals surface area contributed by atoms with Crippen LogP contribution in [0.25, 0.3) is 5.57 Å². The SMILES string of the molecule is C=CC1c2cc(O)cc(F)c2C2=CCCC(=CC=C2F)C(=O)Nc2cnccc2C2CC(N)CC1(C)C2. The van der Waals surface area contributed by atoms with Crippen LogP contribution in [0.15, 0.2) is 72.9 Å². The summed E-state index contributed by atoms with van der Waals surface area (Å²) in [5.41, 5.74) is 8.76. The molecule has 2 aromatic rings. The Balaban J connectivity index is 1.79. The van der Waals surface area contributed by atoms with Crippen molar-refractivity contribution in [3.63, 3.8) is 0 Å². The van der Waals surface area contributed by atoms with Crippen LogP contribution in [0.5, 0.6) is 5.75 Å². The lowest BCUT2D eigenvalue weighted by Crippen LogP contribution is -2.41. The van der Waals surface area contributed by atoms with Crippen molar-refractivity contribution < 1.29 is 18.7 Å². The van der Waals surface area contributed by atoms with Crippen LogP contribution in [-0.2, 0) is 4.79 Å². The van der Waals surface area contributed by atoms with Crippen molar-refractivity contribution in [3.8, 4) is 5.75 Å². The van der Waals surface area contributed by atoms with Crippen molar-refractivity contribution in [2.45, 2.75) is 56.9 Å². The van der Waals surface area contributed by atoms with Gasteiger partial charge in [0.25, 0.3) is 5.91 Å². The fourth-order valence-corrected chi connectivity index (χ4v) is 6.49. The number of benzene rings is 1. The zero-order valence-corrected chi connectivity index (χ0v) is 20.8. The van der Waals surface area contributed by atoms with E-state index in [1.165, 1.54) is 18.2 Å². The monoisotopic (exact) mass is 503 g/mol. The molecule has 4 N–H and O–H groups in total. The van der Waals surface area contributed by atoms with Crippen LogP contribution in [0.4, 0.5) is 14.5 Å². The highest BCUT2D eigenvalue weighted by Gasteiger charge is 2.43. The van der Waals surface area contributed by atoms with Gasteiger partial charge in [0, 0.05) is 40.9 Å². The van der Waals surface area contributed by atoms with Gasteiger partial charge in [0.1, 0.15) is 17.4 Å². The van der Waals surface area contributed by atoms with Crippen LogP contribution in [0.2, 0.25) is 0 Å². The van der Waals surface area contributed by atoms with Crippen molar-refractivity contribution in [2.75, 3.05) is 5.32 Å². The average molecular weight is 504 g/mol. The first-order chi connectivity index (χ1) is 17.7. The Labute approximate surface area is 215 Å². The highest BCUT2D eigenvalue weighted by Crippen LogP contribution is 2.54. The van der Waals surface area contributed by atoms with E-state index in [0.29, 0.717) is 48.9 Å². The minimum Gasteiger partial charge on any atom is -0.508 e. The lowest BCUT2D eigenvalue weighted by atomic mass is 9.59. The molecule has 3 heterocycles. The van der Waals surface area contributed by atoms with E-state index in [0.717, 1.165) is 11.6 Å². The number of hydrogen-bond acceptors (Lipinski definition) is 4. The molecule has 192 valence electrons. The predicted octanol–water partition coefficient (Wildman–Crippen LogP) is 6.41. The molecule has 4 unspecified atom stereocenters. The number of allylic oxidation sites excluding steroid dienone is 6. The molecular formula is C30H31F2N3O2. The summed E-state index contributed by atoms with van der Waals surface area (Å²) in [7, 11) is 0. The highest BCUT2D eigenvalue weighted by atomic mass is 19.1. The van der Waals surface area contributed by atoms with Crippen molar-refractivity contribution >= 4 is 17.2 Å². The van der Waals surface area contributed by atoms with Gasteiger partial charge in [-0.2, -0.15) is 0 Å². The van der Waals surface area contributed by atoms with Gasteiger partial charge < -0.3 is 16.2 Å². The smallest absolute Gasteiger partial charge is 0.251 e. The molecule has 1 fully saturated rings. The maximum Gasteiger partial charge on any atom is 0.251 e. The fraction of sp³-hybridized carbons (Fsp3) is 0.333. The molecule has 5 nitrogen and oxygen atoms in total. The number of nitrogens with two attached hydrogens (primary N) is 1. The van der Waals surface area contributed by atoms with Crippen LogP contribution in [0, 0.1) is 11.2 Å². The first-order valence-corrected chi connectivity index (χ1v) is 12.6. The third kappa shape index (κ3) is 4.64. The predicted molar refractivity (Wildman–Crippen MR) is 141 cm³/mol. The lowest BCUT2D eigenvalue weighted by Gasteiger charge is -2.46. The maximum absolute atomic E-state index is 15.6. The quantitative estimate of drug-likeness (QED) is 0.393. The molecule has 6 rings (SSSR count). The van der Waals surface area contributed by atoms with Gasteiger partial charge in [-0.25, -0.2) is 8.78 Å². The average Bonchev–Trinajstić information content (AvgIpc) is 2.82. The summed E-state index contributed by atoms with van der Waals surface area (Å²) in [5, 5.41) is 13.4. The Kier molecular flexibility index (Phi) is 6.58. The van der Waals surface area contributed by atoms with E-state index >= 15 is 8.78 Å². The van der Waals surface area contributed by atoms with E-state index in [4.69, 9.17) is 5.73 Å².